The minimum absolute atomic E-state index is 0.0424. The fourth-order valence-corrected chi connectivity index (χ4v) is 7.91. The van der Waals surface area contributed by atoms with E-state index in [0.717, 1.165) is 67.9 Å². The first-order valence-electron chi connectivity index (χ1n) is 15.9. The Bertz CT molecular complexity index is 1490. The Morgan fingerprint density at radius 2 is 1.84 bits per heavy atom. The summed E-state index contributed by atoms with van der Waals surface area (Å²) >= 11 is 0. The number of hydrogen-bond donors (Lipinski definition) is 2. The Balaban J connectivity index is 1.16. The third-order valence-corrected chi connectivity index (χ3v) is 9.89. The summed E-state index contributed by atoms with van der Waals surface area (Å²) in [4.78, 5) is 42.8. The number of fused-ring (bicyclic) bond motifs is 2. The van der Waals surface area contributed by atoms with Crippen LogP contribution in [-0.4, -0.2) is 77.6 Å². The third-order valence-electron chi connectivity index (χ3n) is 9.89. The van der Waals surface area contributed by atoms with Crippen LogP contribution in [0.4, 0.5) is 23.1 Å². The van der Waals surface area contributed by atoms with Gasteiger partial charge in [0.2, 0.25) is 11.9 Å². The van der Waals surface area contributed by atoms with E-state index in [4.69, 9.17) is 9.72 Å². The Hall–Kier alpha value is -3.66. The predicted octanol–water partition coefficient (Wildman–Crippen LogP) is 4.57. The molecule has 1 saturated carbocycles. The molecule has 5 aliphatic rings. The summed E-state index contributed by atoms with van der Waals surface area (Å²) in [5.74, 6) is 1.98. The largest absolute Gasteiger partial charge is 0.485 e. The Kier molecular flexibility index (Phi) is 6.87. The molecule has 0 unspecified atom stereocenters. The second-order valence-corrected chi connectivity index (χ2v) is 13.7. The van der Waals surface area contributed by atoms with Crippen LogP contribution >= 0.6 is 0 Å². The molecule has 1 atom stereocenters. The van der Waals surface area contributed by atoms with E-state index < -0.39 is 5.60 Å². The summed E-state index contributed by atoms with van der Waals surface area (Å²) in [6, 6.07) is 4.02. The first kappa shape index (κ1) is 28.1. The van der Waals surface area contributed by atoms with Gasteiger partial charge in [-0.15, -0.1) is 0 Å². The maximum absolute atomic E-state index is 13.6. The van der Waals surface area contributed by atoms with Gasteiger partial charge in [-0.2, -0.15) is 4.98 Å². The summed E-state index contributed by atoms with van der Waals surface area (Å²) in [6.45, 7) is 8.18. The van der Waals surface area contributed by atoms with Crippen molar-refractivity contribution in [2.45, 2.75) is 95.9 Å². The van der Waals surface area contributed by atoms with Gasteiger partial charge in [-0.1, -0.05) is 30.9 Å². The average molecular weight is 586 g/mol. The molecule has 0 spiro atoms. The maximum atomic E-state index is 13.6. The molecular formula is C33H43N7O3. The molecule has 2 N–H and O–H groups in total. The van der Waals surface area contributed by atoms with Crippen molar-refractivity contribution in [2.24, 2.45) is 0 Å². The number of ether oxygens (including phenoxy) is 1. The van der Waals surface area contributed by atoms with Crippen molar-refractivity contribution in [1.82, 2.24) is 20.2 Å². The highest BCUT2D eigenvalue weighted by Gasteiger charge is 2.42. The van der Waals surface area contributed by atoms with Gasteiger partial charge in [-0.3, -0.25) is 14.5 Å². The van der Waals surface area contributed by atoms with E-state index in [-0.39, 0.29) is 23.9 Å². The van der Waals surface area contributed by atoms with Gasteiger partial charge in [-0.25, -0.2) is 4.98 Å². The minimum atomic E-state index is -0.441. The number of rotatable bonds is 6. The van der Waals surface area contributed by atoms with E-state index in [1.54, 1.807) is 11.1 Å². The van der Waals surface area contributed by atoms with Gasteiger partial charge in [-0.05, 0) is 65.1 Å². The van der Waals surface area contributed by atoms with Crippen LogP contribution < -0.4 is 25.2 Å². The van der Waals surface area contributed by atoms with E-state index >= 15 is 0 Å². The number of hydrogen-bond acceptors (Lipinski definition) is 8. The van der Waals surface area contributed by atoms with Crippen molar-refractivity contribution in [3.05, 3.63) is 40.6 Å². The molecule has 2 amide bonds. The van der Waals surface area contributed by atoms with Crippen molar-refractivity contribution in [1.29, 1.82) is 0 Å². The van der Waals surface area contributed by atoms with Crippen molar-refractivity contribution in [3.8, 4) is 5.75 Å². The minimum Gasteiger partial charge on any atom is -0.485 e. The van der Waals surface area contributed by atoms with Crippen LogP contribution in [0.3, 0.4) is 0 Å². The summed E-state index contributed by atoms with van der Waals surface area (Å²) in [7, 11) is 3.96. The molecule has 2 aromatic rings. The smallest absolute Gasteiger partial charge is 0.251 e. The molecule has 10 nitrogen and oxygen atoms in total. The first-order valence-corrected chi connectivity index (χ1v) is 15.9. The lowest BCUT2D eigenvalue weighted by atomic mass is 9.96. The number of nitrogens with one attached hydrogen (secondary N) is 2. The van der Waals surface area contributed by atoms with E-state index in [1.807, 2.05) is 33.0 Å². The van der Waals surface area contributed by atoms with E-state index in [1.165, 1.54) is 24.0 Å². The maximum Gasteiger partial charge on any atom is 0.251 e. The number of benzene rings is 1. The lowest BCUT2D eigenvalue weighted by Crippen LogP contribution is -2.55. The van der Waals surface area contributed by atoms with E-state index in [2.05, 4.69) is 39.4 Å². The summed E-state index contributed by atoms with van der Waals surface area (Å²) < 4.78 is 6.44. The van der Waals surface area contributed by atoms with Gasteiger partial charge < -0.3 is 25.2 Å². The number of carbonyl (C=O) groups is 2. The molecule has 0 bridgehead atoms. The van der Waals surface area contributed by atoms with Gasteiger partial charge in [0.1, 0.15) is 23.1 Å². The molecule has 0 saturated heterocycles. The summed E-state index contributed by atoms with van der Waals surface area (Å²) in [5.41, 5.74) is 5.58. The van der Waals surface area contributed by atoms with Crippen LogP contribution in [0.25, 0.3) is 0 Å². The van der Waals surface area contributed by atoms with Crippen molar-refractivity contribution < 1.29 is 14.3 Å². The van der Waals surface area contributed by atoms with Crippen LogP contribution in [0.1, 0.15) is 81.6 Å². The monoisotopic (exact) mass is 585 g/mol. The molecule has 0 radical (unpaired) electrons. The second kappa shape index (κ2) is 10.5. The fraction of sp³-hybridized carbons (Fsp3) is 0.576. The summed E-state index contributed by atoms with van der Waals surface area (Å²) in [6.07, 6.45) is 9.44. The second-order valence-electron chi connectivity index (χ2n) is 13.7. The number of amides is 2. The number of likely N-dealkylation sites (tertiary alicyclic amines) is 1. The van der Waals surface area contributed by atoms with Crippen LogP contribution in [0.2, 0.25) is 0 Å². The molecule has 43 heavy (non-hydrogen) atoms. The first-order chi connectivity index (χ1) is 20.6. The van der Waals surface area contributed by atoms with Crippen molar-refractivity contribution in [3.63, 3.8) is 0 Å². The van der Waals surface area contributed by atoms with Crippen LogP contribution in [-0.2, 0) is 11.2 Å². The van der Waals surface area contributed by atoms with Gasteiger partial charge >= 0.3 is 0 Å². The predicted molar refractivity (Wildman–Crippen MR) is 167 cm³/mol. The van der Waals surface area contributed by atoms with E-state index in [0.29, 0.717) is 29.7 Å². The SMILES string of the molecule is CC[C@@H]1C(=O)N(C)c2cnc(Nc3ccc(C(=O)NC4CC5=C(C4)CN(C)C5)c4c3OC(C)(C)C4)nc2N1C1CCCC1. The number of anilines is 4. The molecule has 1 fully saturated rings. The van der Waals surface area contributed by atoms with Crippen molar-refractivity contribution in [2.75, 3.05) is 42.3 Å². The zero-order valence-electron chi connectivity index (χ0n) is 26.0. The molecule has 1 aromatic heterocycles. The molecule has 7 rings (SSSR count). The van der Waals surface area contributed by atoms with Crippen LogP contribution in [0.5, 0.6) is 5.75 Å². The number of carbonyl (C=O) groups excluding carboxylic acids is 2. The quantitative estimate of drug-likeness (QED) is 0.476. The highest BCUT2D eigenvalue weighted by Crippen LogP contribution is 2.45. The highest BCUT2D eigenvalue weighted by molar-refractivity contribution is 6.04. The van der Waals surface area contributed by atoms with E-state index in [9.17, 15) is 9.59 Å². The molecule has 2 aliphatic carbocycles. The molecule has 10 heteroatoms. The normalized spacial score (nSPS) is 23.5. The third kappa shape index (κ3) is 4.93. The lowest BCUT2D eigenvalue weighted by molar-refractivity contribution is -0.120. The molecule has 4 heterocycles. The topological polar surface area (TPSA) is 103 Å². The zero-order valence-corrected chi connectivity index (χ0v) is 26.0. The summed E-state index contributed by atoms with van der Waals surface area (Å²) in [5, 5.41) is 6.72. The van der Waals surface area contributed by atoms with Gasteiger partial charge in [0.15, 0.2) is 5.82 Å². The standard InChI is InChI=1S/C33H43N7O3/c1-6-26-31(42)39(5)27-16-34-32(37-29(27)40(26)22-9-7-8-10-22)36-25-12-11-23(24-15-33(2,3)43-28(24)25)30(41)35-21-13-19-17-38(4)18-20(19)14-21/h11-12,16,21-22,26H,6-10,13-15,17-18H2,1-5H3,(H,35,41)(H,34,36,37)/t26-/m1/s1. The molecule has 1 aromatic carbocycles. The Labute approximate surface area is 253 Å². The number of likely N-dealkylation sites (N-methyl/N-ethyl adjacent to an activating group) is 2. The molecule has 3 aliphatic heterocycles. The van der Waals surface area contributed by atoms with Crippen molar-refractivity contribution >= 4 is 35.0 Å². The van der Waals surface area contributed by atoms with Crippen LogP contribution in [0, 0.1) is 0 Å². The van der Waals surface area contributed by atoms with Crippen LogP contribution in [0.15, 0.2) is 29.5 Å². The van der Waals surface area contributed by atoms with Gasteiger partial charge in [0.05, 0.1) is 11.9 Å². The molecular weight excluding hydrogens is 542 g/mol. The fourth-order valence-electron chi connectivity index (χ4n) is 7.91. The Morgan fingerprint density at radius 1 is 1.12 bits per heavy atom. The van der Waals surface area contributed by atoms with Gasteiger partial charge in [0.25, 0.3) is 5.91 Å². The van der Waals surface area contributed by atoms with Gasteiger partial charge in [0, 0.05) is 49.8 Å². The average Bonchev–Trinajstić information content (AvgIpc) is 3.74. The number of aromatic nitrogens is 2. The highest BCUT2D eigenvalue weighted by atomic mass is 16.5. The lowest BCUT2D eigenvalue weighted by Gasteiger charge is -2.43. The molecule has 228 valence electrons. The number of nitrogens with zero attached hydrogens (tertiary/aromatic N) is 5. The zero-order chi connectivity index (χ0) is 30.0. The Morgan fingerprint density at radius 3 is 2.53 bits per heavy atom.